The van der Waals surface area contributed by atoms with E-state index in [4.69, 9.17) is 16.3 Å². The second-order valence-electron chi connectivity index (χ2n) is 5.38. The first kappa shape index (κ1) is 18.4. The molecule has 5 nitrogen and oxygen atoms in total. The van der Waals surface area contributed by atoms with Gasteiger partial charge in [0.15, 0.2) is 0 Å². The van der Waals surface area contributed by atoms with E-state index in [9.17, 15) is 10.1 Å². The Balaban J connectivity index is 2.21. The van der Waals surface area contributed by atoms with Gasteiger partial charge in [-0.1, -0.05) is 29.8 Å². The van der Waals surface area contributed by atoms with E-state index in [0.29, 0.717) is 22.1 Å². The normalized spacial score (nSPS) is 10.8. The number of para-hydroxylation sites is 1. The van der Waals surface area contributed by atoms with Crippen LogP contribution in [0.1, 0.15) is 11.1 Å². The molecule has 0 bridgehead atoms. The summed E-state index contributed by atoms with van der Waals surface area (Å²) >= 11 is 6.07. The maximum absolute atomic E-state index is 12.3. The number of benzene rings is 2. The molecule has 0 saturated heterocycles. The van der Waals surface area contributed by atoms with Gasteiger partial charge in [-0.25, -0.2) is 0 Å². The maximum atomic E-state index is 12.3. The average Bonchev–Trinajstić information content (AvgIpc) is 2.60. The SMILES string of the molecule is COc1cc(Cl)c(C)cc1N/C=C(/C#N)C(=O)Nc1ccccc1C. The van der Waals surface area contributed by atoms with E-state index in [1.165, 1.54) is 13.3 Å². The van der Waals surface area contributed by atoms with E-state index < -0.39 is 5.91 Å². The molecule has 2 N–H and O–H groups in total. The fourth-order valence-corrected chi connectivity index (χ4v) is 2.30. The minimum atomic E-state index is -0.492. The molecular weight excluding hydrogens is 338 g/mol. The Kier molecular flexibility index (Phi) is 6.04. The van der Waals surface area contributed by atoms with E-state index in [1.807, 2.05) is 38.1 Å². The fraction of sp³-hybridized carbons (Fsp3) is 0.158. The van der Waals surface area contributed by atoms with Crippen molar-refractivity contribution in [1.82, 2.24) is 0 Å². The number of hydrogen-bond donors (Lipinski definition) is 2. The predicted octanol–water partition coefficient (Wildman–Crippen LogP) is 4.42. The quantitative estimate of drug-likeness (QED) is 0.615. The van der Waals surface area contributed by atoms with Crippen LogP contribution in [-0.4, -0.2) is 13.0 Å². The first-order chi connectivity index (χ1) is 12.0. The highest BCUT2D eigenvalue weighted by atomic mass is 35.5. The molecule has 1 amide bonds. The van der Waals surface area contributed by atoms with Crippen LogP contribution in [0.3, 0.4) is 0 Å². The molecule has 0 saturated carbocycles. The van der Waals surface area contributed by atoms with Gasteiger partial charge in [-0.05, 0) is 37.1 Å². The summed E-state index contributed by atoms with van der Waals surface area (Å²) in [5, 5.41) is 15.5. The summed E-state index contributed by atoms with van der Waals surface area (Å²) < 4.78 is 5.26. The van der Waals surface area contributed by atoms with Gasteiger partial charge in [-0.3, -0.25) is 4.79 Å². The van der Waals surface area contributed by atoms with Crippen molar-refractivity contribution in [1.29, 1.82) is 5.26 Å². The molecule has 0 aromatic heterocycles. The second kappa shape index (κ2) is 8.22. The van der Waals surface area contributed by atoms with Crippen molar-refractivity contribution in [3.63, 3.8) is 0 Å². The van der Waals surface area contributed by atoms with Crippen LogP contribution in [0.25, 0.3) is 0 Å². The number of methoxy groups -OCH3 is 1. The zero-order valence-electron chi connectivity index (χ0n) is 14.2. The molecule has 0 aliphatic rings. The summed E-state index contributed by atoms with van der Waals surface area (Å²) in [6.07, 6.45) is 1.35. The summed E-state index contributed by atoms with van der Waals surface area (Å²) in [7, 11) is 1.52. The Morgan fingerprint density at radius 1 is 1.20 bits per heavy atom. The molecular formula is C19H18ClN3O2. The van der Waals surface area contributed by atoms with Crippen molar-refractivity contribution < 1.29 is 9.53 Å². The minimum Gasteiger partial charge on any atom is -0.495 e. The Labute approximate surface area is 151 Å². The molecule has 0 aliphatic carbocycles. The lowest BCUT2D eigenvalue weighted by atomic mass is 10.2. The van der Waals surface area contributed by atoms with Crippen LogP contribution < -0.4 is 15.4 Å². The third kappa shape index (κ3) is 4.52. The standard InChI is InChI=1S/C19H18ClN3O2/c1-12-6-4-5-7-16(12)23-19(24)14(10-21)11-22-17-8-13(2)15(20)9-18(17)25-3/h4-9,11,22H,1-3H3,(H,23,24)/b14-11-. The maximum Gasteiger partial charge on any atom is 0.267 e. The van der Waals surface area contributed by atoms with Crippen LogP contribution in [0.5, 0.6) is 5.75 Å². The molecule has 0 unspecified atom stereocenters. The van der Waals surface area contributed by atoms with Gasteiger partial charge in [0.05, 0.1) is 12.8 Å². The van der Waals surface area contributed by atoms with Gasteiger partial charge in [0.2, 0.25) is 0 Å². The highest BCUT2D eigenvalue weighted by Crippen LogP contribution is 2.31. The first-order valence-corrected chi connectivity index (χ1v) is 7.92. The Morgan fingerprint density at radius 2 is 1.92 bits per heavy atom. The van der Waals surface area contributed by atoms with E-state index in [1.54, 1.807) is 18.2 Å². The number of nitrogens with zero attached hydrogens (tertiary/aromatic N) is 1. The zero-order chi connectivity index (χ0) is 18.4. The van der Waals surface area contributed by atoms with Crippen LogP contribution in [0.15, 0.2) is 48.2 Å². The number of amides is 1. The van der Waals surface area contributed by atoms with Gasteiger partial charge in [0, 0.05) is 23.0 Å². The molecule has 2 aromatic rings. The van der Waals surface area contributed by atoms with Crippen molar-refractivity contribution in [2.45, 2.75) is 13.8 Å². The van der Waals surface area contributed by atoms with Crippen LogP contribution in [0, 0.1) is 25.2 Å². The van der Waals surface area contributed by atoms with Gasteiger partial charge in [0.25, 0.3) is 5.91 Å². The van der Waals surface area contributed by atoms with Gasteiger partial charge >= 0.3 is 0 Å². The molecule has 2 aromatic carbocycles. The summed E-state index contributed by atoms with van der Waals surface area (Å²) in [6, 6.07) is 12.7. The molecule has 2 rings (SSSR count). The number of hydrogen-bond acceptors (Lipinski definition) is 4. The number of nitriles is 1. The number of carbonyl (C=O) groups is 1. The number of halogens is 1. The van der Waals surface area contributed by atoms with E-state index >= 15 is 0 Å². The number of anilines is 2. The second-order valence-corrected chi connectivity index (χ2v) is 5.79. The van der Waals surface area contributed by atoms with Crippen LogP contribution >= 0.6 is 11.6 Å². The number of rotatable bonds is 5. The Hall–Kier alpha value is -2.97. The fourth-order valence-electron chi connectivity index (χ4n) is 2.15. The monoisotopic (exact) mass is 355 g/mol. The molecule has 0 aliphatic heterocycles. The smallest absolute Gasteiger partial charge is 0.267 e. The summed E-state index contributed by atoms with van der Waals surface area (Å²) in [5.41, 5.74) is 2.98. The number of ether oxygens (including phenoxy) is 1. The van der Waals surface area contributed by atoms with Gasteiger partial charge in [-0.2, -0.15) is 5.26 Å². The number of nitrogens with one attached hydrogen (secondary N) is 2. The minimum absolute atomic E-state index is 0.0575. The highest BCUT2D eigenvalue weighted by molar-refractivity contribution is 6.31. The van der Waals surface area contributed by atoms with Crippen molar-refractivity contribution in [2.75, 3.05) is 17.7 Å². The molecule has 0 heterocycles. The largest absolute Gasteiger partial charge is 0.495 e. The lowest BCUT2D eigenvalue weighted by Gasteiger charge is -2.11. The topological polar surface area (TPSA) is 74.1 Å². The first-order valence-electron chi connectivity index (χ1n) is 7.54. The van der Waals surface area contributed by atoms with Crippen molar-refractivity contribution in [3.05, 3.63) is 64.3 Å². The summed E-state index contributed by atoms with van der Waals surface area (Å²) in [6.45, 7) is 3.73. The van der Waals surface area contributed by atoms with Crippen LogP contribution in [0.2, 0.25) is 5.02 Å². The Bertz CT molecular complexity index is 869. The molecule has 0 spiro atoms. The van der Waals surface area contributed by atoms with Crippen molar-refractivity contribution >= 4 is 28.9 Å². The number of carbonyl (C=O) groups excluding carboxylic acids is 1. The van der Waals surface area contributed by atoms with E-state index in [2.05, 4.69) is 10.6 Å². The average molecular weight is 356 g/mol. The zero-order valence-corrected chi connectivity index (χ0v) is 14.9. The third-order valence-corrected chi connectivity index (χ3v) is 4.02. The van der Waals surface area contributed by atoms with Gasteiger partial charge in [0.1, 0.15) is 17.4 Å². The molecule has 25 heavy (non-hydrogen) atoms. The highest BCUT2D eigenvalue weighted by Gasteiger charge is 2.12. The molecule has 6 heteroatoms. The molecule has 128 valence electrons. The van der Waals surface area contributed by atoms with Gasteiger partial charge < -0.3 is 15.4 Å². The number of aryl methyl sites for hydroxylation is 2. The van der Waals surface area contributed by atoms with Gasteiger partial charge in [-0.15, -0.1) is 0 Å². The third-order valence-electron chi connectivity index (χ3n) is 3.61. The lowest BCUT2D eigenvalue weighted by molar-refractivity contribution is -0.112. The Morgan fingerprint density at radius 3 is 2.56 bits per heavy atom. The van der Waals surface area contributed by atoms with Crippen molar-refractivity contribution in [2.24, 2.45) is 0 Å². The summed E-state index contributed by atoms with van der Waals surface area (Å²) in [4.78, 5) is 12.3. The van der Waals surface area contributed by atoms with E-state index in [-0.39, 0.29) is 5.57 Å². The molecule has 0 fully saturated rings. The van der Waals surface area contributed by atoms with E-state index in [0.717, 1.165) is 11.1 Å². The molecule has 0 radical (unpaired) electrons. The van der Waals surface area contributed by atoms with Crippen LogP contribution in [0.4, 0.5) is 11.4 Å². The molecule has 0 atom stereocenters. The van der Waals surface area contributed by atoms with Crippen LogP contribution in [-0.2, 0) is 4.79 Å². The summed E-state index contributed by atoms with van der Waals surface area (Å²) in [5.74, 6) is 0.0254. The lowest BCUT2D eigenvalue weighted by Crippen LogP contribution is -2.15. The van der Waals surface area contributed by atoms with Crippen molar-refractivity contribution in [3.8, 4) is 11.8 Å². The predicted molar refractivity (Wildman–Crippen MR) is 99.9 cm³/mol.